The average molecular weight is 450 g/mol. The van der Waals surface area contributed by atoms with Gasteiger partial charge in [0.1, 0.15) is 0 Å². The quantitative estimate of drug-likeness (QED) is 0.709. The predicted octanol–water partition coefficient (Wildman–Crippen LogP) is 3.04. The van der Waals surface area contributed by atoms with Gasteiger partial charge in [-0.2, -0.15) is 13.2 Å². The van der Waals surface area contributed by atoms with Crippen LogP contribution in [0.25, 0.3) is 0 Å². The lowest BCUT2D eigenvalue weighted by molar-refractivity contribution is -0.137. The molecule has 2 aliphatic rings. The molecule has 168 valence electrons. The SMILES string of the molecule is COC(=O)N1CCN(C(=O)Cc2ccc(C(F)(F)F)cc2)C(CN2CCCC2)C1.Cl. The van der Waals surface area contributed by atoms with E-state index in [1.54, 1.807) is 9.80 Å². The molecule has 6 nitrogen and oxygen atoms in total. The maximum absolute atomic E-state index is 12.9. The van der Waals surface area contributed by atoms with Crippen LogP contribution in [-0.2, 0) is 22.1 Å². The fraction of sp³-hybridized carbons (Fsp3) is 0.600. The van der Waals surface area contributed by atoms with Crippen LogP contribution in [-0.4, -0.2) is 79.1 Å². The second-order valence-electron chi connectivity index (χ2n) is 7.54. The Morgan fingerprint density at radius 2 is 1.70 bits per heavy atom. The molecule has 10 heteroatoms. The summed E-state index contributed by atoms with van der Waals surface area (Å²) in [6.45, 7) is 3.76. The molecule has 2 saturated heterocycles. The molecular weight excluding hydrogens is 423 g/mol. The van der Waals surface area contributed by atoms with Crippen molar-refractivity contribution < 1.29 is 27.5 Å². The van der Waals surface area contributed by atoms with E-state index in [4.69, 9.17) is 4.74 Å². The Morgan fingerprint density at radius 3 is 2.27 bits per heavy atom. The maximum Gasteiger partial charge on any atom is 0.416 e. The van der Waals surface area contributed by atoms with Crippen molar-refractivity contribution >= 4 is 24.4 Å². The second kappa shape index (κ2) is 10.3. The Morgan fingerprint density at radius 1 is 1.07 bits per heavy atom. The molecule has 0 N–H and O–H groups in total. The van der Waals surface area contributed by atoms with Crippen LogP contribution in [0.3, 0.4) is 0 Å². The van der Waals surface area contributed by atoms with Crippen LogP contribution in [0.4, 0.5) is 18.0 Å². The molecule has 0 bridgehead atoms. The lowest BCUT2D eigenvalue weighted by Gasteiger charge is -2.42. The van der Waals surface area contributed by atoms with Crippen molar-refractivity contribution in [3.8, 4) is 0 Å². The van der Waals surface area contributed by atoms with Crippen molar-refractivity contribution in [1.29, 1.82) is 0 Å². The highest BCUT2D eigenvalue weighted by Crippen LogP contribution is 2.29. The topological polar surface area (TPSA) is 53.1 Å². The first kappa shape index (κ1) is 24.3. The fourth-order valence-corrected chi connectivity index (χ4v) is 3.99. The van der Waals surface area contributed by atoms with Gasteiger partial charge in [-0.25, -0.2) is 4.79 Å². The summed E-state index contributed by atoms with van der Waals surface area (Å²) in [6, 6.07) is 4.53. The molecule has 2 aliphatic heterocycles. The third kappa shape index (κ3) is 6.01. The van der Waals surface area contributed by atoms with Crippen LogP contribution in [0.5, 0.6) is 0 Å². The molecular formula is C20H27ClF3N3O3. The number of halogens is 4. The molecule has 2 heterocycles. The Balaban J connectivity index is 0.00000320. The third-order valence-corrected chi connectivity index (χ3v) is 5.54. The van der Waals surface area contributed by atoms with Gasteiger partial charge in [-0.15, -0.1) is 12.4 Å². The molecule has 2 fully saturated rings. The minimum atomic E-state index is -4.40. The summed E-state index contributed by atoms with van der Waals surface area (Å²) in [6.07, 6.45) is -2.54. The summed E-state index contributed by atoms with van der Waals surface area (Å²) in [5.74, 6) is -0.140. The van der Waals surface area contributed by atoms with E-state index >= 15 is 0 Å². The zero-order valence-corrected chi connectivity index (χ0v) is 17.7. The zero-order valence-electron chi connectivity index (χ0n) is 16.9. The molecule has 1 unspecified atom stereocenters. The summed E-state index contributed by atoms with van der Waals surface area (Å²) in [4.78, 5) is 30.5. The molecule has 3 rings (SSSR count). The van der Waals surface area contributed by atoms with E-state index in [9.17, 15) is 22.8 Å². The lowest BCUT2D eigenvalue weighted by atomic mass is 10.1. The number of carbonyl (C=O) groups is 2. The van der Waals surface area contributed by atoms with Crippen molar-refractivity contribution in [2.45, 2.75) is 31.5 Å². The van der Waals surface area contributed by atoms with Gasteiger partial charge in [0.15, 0.2) is 0 Å². The fourth-order valence-electron chi connectivity index (χ4n) is 3.99. The first-order valence-corrected chi connectivity index (χ1v) is 9.79. The standard InChI is InChI=1S/C20H26F3N3O3.ClH/c1-29-19(28)25-10-11-26(17(14-25)13-24-8-2-3-9-24)18(27)12-15-4-6-16(7-5-15)20(21,22)23;/h4-7,17H,2-3,8-14H2,1H3;1H. The van der Waals surface area contributed by atoms with Crippen molar-refractivity contribution in [2.24, 2.45) is 0 Å². The van der Waals surface area contributed by atoms with Gasteiger partial charge in [0.05, 0.1) is 25.1 Å². The monoisotopic (exact) mass is 449 g/mol. The summed E-state index contributed by atoms with van der Waals surface area (Å²) in [5, 5.41) is 0. The maximum atomic E-state index is 12.9. The van der Waals surface area contributed by atoms with Gasteiger partial charge in [0.25, 0.3) is 0 Å². The highest BCUT2D eigenvalue weighted by Gasteiger charge is 2.34. The summed E-state index contributed by atoms with van der Waals surface area (Å²) >= 11 is 0. The van der Waals surface area contributed by atoms with Gasteiger partial charge in [0, 0.05) is 26.2 Å². The normalized spacial score (nSPS) is 20.1. The number of ether oxygens (including phenoxy) is 1. The second-order valence-corrected chi connectivity index (χ2v) is 7.54. The summed E-state index contributed by atoms with van der Waals surface area (Å²) in [5.41, 5.74) is -0.189. The molecule has 0 radical (unpaired) electrons. The molecule has 0 aromatic heterocycles. The van der Waals surface area contributed by atoms with Crippen LogP contribution in [0, 0.1) is 0 Å². The van der Waals surface area contributed by atoms with E-state index in [0.717, 1.165) is 38.1 Å². The number of methoxy groups -OCH3 is 1. The van der Waals surface area contributed by atoms with Crippen molar-refractivity contribution in [3.63, 3.8) is 0 Å². The van der Waals surface area contributed by atoms with E-state index in [-0.39, 0.29) is 30.8 Å². The predicted molar refractivity (Wildman–Crippen MR) is 108 cm³/mol. The molecule has 1 aromatic rings. The number of alkyl halides is 3. The Kier molecular flexibility index (Phi) is 8.37. The van der Waals surface area contributed by atoms with E-state index < -0.39 is 17.8 Å². The van der Waals surface area contributed by atoms with Crippen molar-refractivity contribution in [3.05, 3.63) is 35.4 Å². The number of hydrogen-bond donors (Lipinski definition) is 0. The molecule has 2 amide bonds. The number of likely N-dealkylation sites (tertiary alicyclic amines) is 1. The van der Waals surface area contributed by atoms with E-state index in [0.29, 0.717) is 31.7 Å². The number of hydrogen-bond acceptors (Lipinski definition) is 4. The highest BCUT2D eigenvalue weighted by atomic mass is 35.5. The molecule has 1 aromatic carbocycles. The average Bonchev–Trinajstić information content (AvgIpc) is 3.20. The van der Waals surface area contributed by atoms with Crippen LogP contribution in [0.1, 0.15) is 24.0 Å². The zero-order chi connectivity index (χ0) is 21.0. The first-order valence-electron chi connectivity index (χ1n) is 9.79. The Bertz CT molecular complexity index is 724. The molecule has 30 heavy (non-hydrogen) atoms. The summed E-state index contributed by atoms with van der Waals surface area (Å²) in [7, 11) is 1.33. The number of rotatable bonds is 4. The smallest absolute Gasteiger partial charge is 0.416 e. The highest BCUT2D eigenvalue weighted by molar-refractivity contribution is 5.85. The van der Waals surface area contributed by atoms with Crippen LogP contribution in [0.15, 0.2) is 24.3 Å². The van der Waals surface area contributed by atoms with E-state index in [1.807, 2.05) is 0 Å². The Labute approximate surface area is 180 Å². The van der Waals surface area contributed by atoms with Crippen molar-refractivity contribution in [2.75, 3.05) is 46.4 Å². The number of nitrogens with zero attached hydrogens (tertiary/aromatic N) is 3. The van der Waals surface area contributed by atoms with Crippen LogP contribution < -0.4 is 0 Å². The van der Waals surface area contributed by atoms with Crippen LogP contribution >= 0.6 is 12.4 Å². The van der Waals surface area contributed by atoms with Gasteiger partial charge in [0.2, 0.25) is 5.91 Å². The molecule has 0 spiro atoms. The van der Waals surface area contributed by atoms with Gasteiger partial charge in [-0.3, -0.25) is 4.79 Å². The number of amides is 2. The summed E-state index contributed by atoms with van der Waals surface area (Å²) < 4.78 is 43.0. The van der Waals surface area contributed by atoms with Crippen LogP contribution in [0.2, 0.25) is 0 Å². The van der Waals surface area contributed by atoms with E-state index in [1.165, 1.54) is 19.2 Å². The number of benzene rings is 1. The Hall–Kier alpha value is -2.00. The largest absolute Gasteiger partial charge is 0.453 e. The van der Waals surface area contributed by atoms with E-state index in [2.05, 4.69) is 4.90 Å². The minimum absolute atomic E-state index is 0. The molecule has 0 saturated carbocycles. The van der Waals surface area contributed by atoms with Gasteiger partial charge < -0.3 is 19.4 Å². The third-order valence-electron chi connectivity index (χ3n) is 5.54. The van der Waals surface area contributed by atoms with Gasteiger partial charge in [-0.05, 0) is 43.6 Å². The number of piperazine rings is 1. The van der Waals surface area contributed by atoms with Crippen molar-refractivity contribution in [1.82, 2.24) is 14.7 Å². The molecule has 0 aliphatic carbocycles. The lowest BCUT2D eigenvalue weighted by Crippen LogP contribution is -2.59. The molecule has 1 atom stereocenters. The van der Waals surface area contributed by atoms with Gasteiger partial charge >= 0.3 is 12.3 Å². The van der Waals surface area contributed by atoms with Gasteiger partial charge in [-0.1, -0.05) is 12.1 Å². The number of carbonyl (C=O) groups excluding carboxylic acids is 2. The first-order chi connectivity index (χ1) is 13.8. The minimum Gasteiger partial charge on any atom is -0.453 e.